The van der Waals surface area contributed by atoms with Crippen molar-refractivity contribution < 1.29 is 9.66 Å². The molecule has 0 aliphatic carbocycles. The number of hydrogen-bond donors (Lipinski definition) is 1. The van der Waals surface area contributed by atoms with Gasteiger partial charge in [0.1, 0.15) is 5.69 Å². The minimum atomic E-state index is -0.366. The van der Waals surface area contributed by atoms with Gasteiger partial charge in [0, 0.05) is 32.8 Å². The van der Waals surface area contributed by atoms with E-state index in [0.29, 0.717) is 25.4 Å². The zero-order valence-corrected chi connectivity index (χ0v) is 11.7. The number of likely N-dealkylation sites (N-methyl/N-ethyl adjacent to an activating group) is 1. The maximum atomic E-state index is 11.0. The van der Waals surface area contributed by atoms with Crippen molar-refractivity contribution in [3.8, 4) is 0 Å². The summed E-state index contributed by atoms with van der Waals surface area (Å²) in [5, 5.41) is 13.8. The first kappa shape index (κ1) is 15.4. The van der Waals surface area contributed by atoms with Crippen molar-refractivity contribution in [2.75, 3.05) is 39.2 Å². The summed E-state index contributed by atoms with van der Waals surface area (Å²) in [4.78, 5) is 12.7. The Bertz CT molecular complexity index is 424. The highest BCUT2D eigenvalue weighted by molar-refractivity contribution is 5.62. The second-order valence-corrected chi connectivity index (χ2v) is 4.29. The van der Waals surface area contributed by atoms with Crippen LogP contribution in [0.25, 0.3) is 0 Å². The third-order valence-electron chi connectivity index (χ3n) is 2.80. The number of nitrogens with one attached hydrogen (secondary N) is 1. The zero-order valence-electron chi connectivity index (χ0n) is 11.7. The number of hydrogen-bond acceptors (Lipinski definition) is 5. The molecule has 0 atom stereocenters. The Balaban J connectivity index is 2.68. The number of rotatable bonds is 8. The summed E-state index contributed by atoms with van der Waals surface area (Å²) in [5.74, 6) is 0. The Morgan fingerprint density at radius 3 is 2.79 bits per heavy atom. The summed E-state index contributed by atoms with van der Waals surface area (Å²) in [6.45, 7) is 4.80. The lowest BCUT2D eigenvalue weighted by molar-refractivity contribution is -0.384. The second-order valence-electron chi connectivity index (χ2n) is 4.29. The summed E-state index contributed by atoms with van der Waals surface area (Å²) < 4.78 is 5.28. The van der Waals surface area contributed by atoms with E-state index < -0.39 is 0 Å². The van der Waals surface area contributed by atoms with Gasteiger partial charge in [-0.2, -0.15) is 0 Å². The SMILES string of the molecule is CCOCCN(C)Cc1ccc(NC)c([N+](=O)[O-])c1. The molecule has 106 valence electrons. The number of nitrogens with zero attached hydrogens (tertiary/aromatic N) is 2. The highest BCUT2D eigenvalue weighted by atomic mass is 16.6. The molecule has 1 aromatic rings. The minimum Gasteiger partial charge on any atom is -0.383 e. The number of benzene rings is 1. The van der Waals surface area contributed by atoms with Crippen LogP contribution in [0.15, 0.2) is 18.2 Å². The van der Waals surface area contributed by atoms with E-state index in [1.54, 1.807) is 19.2 Å². The highest BCUT2D eigenvalue weighted by Gasteiger charge is 2.13. The van der Waals surface area contributed by atoms with Gasteiger partial charge in [-0.3, -0.25) is 15.0 Å². The maximum absolute atomic E-state index is 11.0. The molecule has 0 aliphatic heterocycles. The average Bonchev–Trinajstić information content (AvgIpc) is 2.39. The van der Waals surface area contributed by atoms with Crippen LogP contribution in [-0.2, 0) is 11.3 Å². The molecule has 19 heavy (non-hydrogen) atoms. The molecular formula is C13H21N3O3. The topological polar surface area (TPSA) is 67.6 Å². The molecule has 1 N–H and O–H groups in total. The van der Waals surface area contributed by atoms with Crippen LogP contribution in [0.2, 0.25) is 0 Å². The van der Waals surface area contributed by atoms with E-state index in [-0.39, 0.29) is 10.6 Å². The van der Waals surface area contributed by atoms with Crippen molar-refractivity contribution in [2.45, 2.75) is 13.5 Å². The average molecular weight is 267 g/mol. The lowest BCUT2D eigenvalue weighted by Gasteiger charge is -2.16. The standard InChI is InChI=1S/C13H21N3O3/c1-4-19-8-7-15(3)10-11-5-6-12(14-2)13(9-11)16(17)18/h5-6,9,14H,4,7-8,10H2,1-3H3. The molecule has 1 rings (SSSR count). The Labute approximate surface area is 113 Å². The Morgan fingerprint density at radius 1 is 1.47 bits per heavy atom. The number of ether oxygens (including phenoxy) is 1. The second kappa shape index (κ2) is 7.70. The van der Waals surface area contributed by atoms with Crippen LogP contribution < -0.4 is 5.32 Å². The monoisotopic (exact) mass is 267 g/mol. The lowest BCUT2D eigenvalue weighted by Crippen LogP contribution is -2.22. The van der Waals surface area contributed by atoms with Gasteiger partial charge in [-0.05, 0) is 25.6 Å². The Hall–Kier alpha value is -1.66. The number of anilines is 1. The smallest absolute Gasteiger partial charge is 0.292 e. The molecule has 0 amide bonds. The third-order valence-corrected chi connectivity index (χ3v) is 2.80. The van der Waals surface area contributed by atoms with E-state index in [9.17, 15) is 10.1 Å². The van der Waals surface area contributed by atoms with Gasteiger partial charge in [-0.15, -0.1) is 0 Å². The zero-order chi connectivity index (χ0) is 14.3. The van der Waals surface area contributed by atoms with E-state index in [1.807, 2.05) is 20.0 Å². The predicted molar refractivity (Wildman–Crippen MR) is 75.5 cm³/mol. The Kier molecular flexibility index (Phi) is 6.24. The van der Waals surface area contributed by atoms with E-state index in [0.717, 1.165) is 12.1 Å². The van der Waals surface area contributed by atoms with Crippen LogP contribution in [0.3, 0.4) is 0 Å². The highest BCUT2D eigenvalue weighted by Crippen LogP contribution is 2.25. The van der Waals surface area contributed by atoms with Gasteiger partial charge in [0.2, 0.25) is 0 Å². The molecule has 0 aromatic heterocycles. The molecule has 0 radical (unpaired) electrons. The molecule has 0 aliphatic rings. The van der Waals surface area contributed by atoms with Crippen molar-refractivity contribution >= 4 is 11.4 Å². The van der Waals surface area contributed by atoms with Gasteiger partial charge in [-0.1, -0.05) is 6.07 Å². The van der Waals surface area contributed by atoms with Crippen LogP contribution in [-0.4, -0.2) is 43.7 Å². The van der Waals surface area contributed by atoms with Crippen LogP contribution in [0, 0.1) is 10.1 Å². The fraction of sp³-hybridized carbons (Fsp3) is 0.538. The quantitative estimate of drug-likeness (QED) is 0.444. The summed E-state index contributed by atoms with van der Waals surface area (Å²) in [7, 11) is 3.65. The molecule has 0 unspecified atom stereocenters. The molecule has 0 saturated heterocycles. The van der Waals surface area contributed by atoms with Gasteiger partial charge in [0.25, 0.3) is 5.69 Å². The van der Waals surface area contributed by atoms with Crippen LogP contribution >= 0.6 is 0 Å². The van der Waals surface area contributed by atoms with Crippen molar-refractivity contribution in [1.82, 2.24) is 4.90 Å². The van der Waals surface area contributed by atoms with Gasteiger partial charge >= 0.3 is 0 Å². The minimum absolute atomic E-state index is 0.109. The maximum Gasteiger partial charge on any atom is 0.292 e. The molecular weight excluding hydrogens is 246 g/mol. The molecule has 1 aromatic carbocycles. The van der Waals surface area contributed by atoms with Crippen LogP contribution in [0.1, 0.15) is 12.5 Å². The largest absolute Gasteiger partial charge is 0.383 e. The first-order chi connectivity index (χ1) is 9.08. The summed E-state index contributed by atoms with van der Waals surface area (Å²) in [6.07, 6.45) is 0. The summed E-state index contributed by atoms with van der Waals surface area (Å²) >= 11 is 0. The van der Waals surface area contributed by atoms with Gasteiger partial charge in [0.15, 0.2) is 0 Å². The molecule has 0 saturated carbocycles. The van der Waals surface area contributed by atoms with Gasteiger partial charge in [0.05, 0.1) is 11.5 Å². The van der Waals surface area contributed by atoms with Crippen LogP contribution in [0.5, 0.6) is 0 Å². The first-order valence-electron chi connectivity index (χ1n) is 6.29. The van der Waals surface area contributed by atoms with Gasteiger partial charge < -0.3 is 10.1 Å². The molecule has 0 spiro atoms. The normalized spacial score (nSPS) is 10.7. The first-order valence-corrected chi connectivity index (χ1v) is 6.29. The molecule has 0 heterocycles. The Morgan fingerprint density at radius 2 is 2.21 bits per heavy atom. The molecule has 0 bridgehead atoms. The van der Waals surface area contributed by atoms with E-state index in [1.165, 1.54) is 0 Å². The van der Waals surface area contributed by atoms with E-state index >= 15 is 0 Å². The predicted octanol–water partition coefficient (Wildman–Crippen LogP) is 2.10. The lowest BCUT2D eigenvalue weighted by atomic mass is 10.1. The fourth-order valence-corrected chi connectivity index (χ4v) is 1.79. The molecule has 0 fully saturated rings. The molecule has 6 nitrogen and oxygen atoms in total. The number of nitro groups is 1. The van der Waals surface area contributed by atoms with E-state index in [4.69, 9.17) is 4.74 Å². The van der Waals surface area contributed by atoms with E-state index in [2.05, 4.69) is 10.2 Å². The third kappa shape index (κ3) is 4.84. The van der Waals surface area contributed by atoms with Gasteiger partial charge in [-0.25, -0.2) is 0 Å². The van der Waals surface area contributed by atoms with Crippen molar-refractivity contribution in [2.24, 2.45) is 0 Å². The van der Waals surface area contributed by atoms with Crippen molar-refractivity contribution in [3.63, 3.8) is 0 Å². The van der Waals surface area contributed by atoms with Crippen molar-refractivity contribution in [3.05, 3.63) is 33.9 Å². The van der Waals surface area contributed by atoms with Crippen molar-refractivity contribution in [1.29, 1.82) is 0 Å². The summed E-state index contributed by atoms with van der Waals surface area (Å²) in [5.41, 5.74) is 1.56. The number of nitro benzene ring substituents is 1. The van der Waals surface area contributed by atoms with Crippen LogP contribution in [0.4, 0.5) is 11.4 Å². The molecule has 6 heteroatoms. The summed E-state index contributed by atoms with van der Waals surface area (Å²) in [6, 6.07) is 5.25. The fourth-order valence-electron chi connectivity index (χ4n) is 1.79.